The molecule has 1 unspecified atom stereocenters. The number of nitrogens with one attached hydrogen (secondary N) is 1. The SMILES string of the molecule is O=C(O)C1CCCN(C(=O)Nc2ccc(Br)cc2)C1. The molecule has 1 aromatic carbocycles. The molecule has 1 aromatic rings. The number of amides is 2. The first-order valence-corrected chi connectivity index (χ1v) is 6.90. The second-order valence-electron chi connectivity index (χ2n) is 4.56. The number of carboxylic acids is 1. The quantitative estimate of drug-likeness (QED) is 0.877. The molecule has 2 N–H and O–H groups in total. The minimum absolute atomic E-state index is 0.242. The van der Waals surface area contributed by atoms with Gasteiger partial charge in [0, 0.05) is 23.2 Å². The average Bonchev–Trinajstić information content (AvgIpc) is 2.41. The van der Waals surface area contributed by atoms with Crippen LogP contribution in [0.2, 0.25) is 0 Å². The van der Waals surface area contributed by atoms with E-state index in [1.165, 1.54) is 0 Å². The number of likely N-dealkylation sites (tertiary alicyclic amines) is 1. The molecule has 1 saturated heterocycles. The number of hydrogen-bond acceptors (Lipinski definition) is 2. The maximum absolute atomic E-state index is 12.0. The smallest absolute Gasteiger partial charge is 0.321 e. The van der Waals surface area contributed by atoms with Gasteiger partial charge < -0.3 is 15.3 Å². The molecule has 0 aliphatic carbocycles. The highest BCUT2D eigenvalue weighted by molar-refractivity contribution is 9.10. The topological polar surface area (TPSA) is 69.6 Å². The zero-order chi connectivity index (χ0) is 13.8. The number of aliphatic carboxylic acids is 1. The number of halogens is 1. The van der Waals surface area contributed by atoms with Gasteiger partial charge in [-0.05, 0) is 37.1 Å². The first-order chi connectivity index (χ1) is 9.06. The number of anilines is 1. The van der Waals surface area contributed by atoms with Crippen LogP contribution in [0.3, 0.4) is 0 Å². The fourth-order valence-electron chi connectivity index (χ4n) is 2.10. The molecule has 102 valence electrons. The molecule has 6 heteroatoms. The van der Waals surface area contributed by atoms with E-state index in [0.717, 1.165) is 10.9 Å². The van der Waals surface area contributed by atoms with Crippen LogP contribution in [0.15, 0.2) is 28.7 Å². The summed E-state index contributed by atoms with van der Waals surface area (Å²) in [6.45, 7) is 0.879. The number of urea groups is 1. The lowest BCUT2D eigenvalue weighted by Gasteiger charge is -2.30. The Bertz CT molecular complexity index is 475. The van der Waals surface area contributed by atoms with E-state index in [0.29, 0.717) is 18.7 Å². The van der Waals surface area contributed by atoms with E-state index in [1.54, 1.807) is 17.0 Å². The maximum atomic E-state index is 12.0. The molecule has 2 rings (SSSR count). The van der Waals surface area contributed by atoms with E-state index >= 15 is 0 Å². The Kier molecular flexibility index (Phi) is 4.42. The normalized spacial score (nSPS) is 19.0. The predicted molar refractivity (Wildman–Crippen MR) is 75.1 cm³/mol. The Morgan fingerprint density at radius 1 is 1.32 bits per heavy atom. The van der Waals surface area contributed by atoms with Crippen LogP contribution < -0.4 is 5.32 Å². The number of carbonyl (C=O) groups excluding carboxylic acids is 1. The second-order valence-corrected chi connectivity index (χ2v) is 5.48. The van der Waals surface area contributed by atoms with Crippen molar-refractivity contribution in [2.24, 2.45) is 5.92 Å². The van der Waals surface area contributed by atoms with Crippen LogP contribution in [-0.4, -0.2) is 35.1 Å². The lowest BCUT2D eigenvalue weighted by molar-refractivity contribution is -0.143. The van der Waals surface area contributed by atoms with Gasteiger partial charge in [0.1, 0.15) is 0 Å². The first-order valence-electron chi connectivity index (χ1n) is 6.10. The lowest BCUT2D eigenvalue weighted by atomic mass is 9.99. The van der Waals surface area contributed by atoms with Gasteiger partial charge in [-0.25, -0.2) is 4.79 Å². The van der Waals surface area contributed by atoms with Gasteiger partial charge in [-0.2, -0.15) is 0 Å². The molecule has 0 spiro atoms. The summed E-state index contributed by atoms with van der Waals surface area (Å²) in [5.74, 6) is -1.29. The summed E-state index contributed by atoms with van der Waals surface area (Å²) in [6.07, 6.45) is 1.36. The highest BCUT2D eigenvalue weighted by atomic mass is 79.9. The number of piperidine rings is 1. The predicted octanol–water partition coefficient (Wildman–Crippen LogP) is 2.78. The summed E-state index contributed by atoms with van der Waals surface area (Å²) < 4.78 is 0.939. The third-order valence-corrected chi connectivity index (χ3v) is 3.68. The molecule has 19 heavy (non-hydrogen) atoms. The Morgan fingerprint density at radius 2 is 2.00 bits per heavy atom. The van der Waals surface area contributed by atoms with Crippen LogP contribution in [0.4, 0.5) is 10.5 Å². The van der Waals surface area contributed by atoms with Crippen LogP contribution >= 0.6 is 15.9 Å². The summed E-state index contributed by atoms with van der Waals surface area (Å²) in [7, 11) is 0. The van der Waals surface area contributed by atoms with Gasteiger partial charge in [0.25, 0.3) is 0 Å². The van der Waals surface area contributed by atoms with E-state index in [-0.39, 0.29) is 12.6 Å². The highest BCUT2D eigenvalue weighted by Gasteiger charge is 2.28. The summed E-state index contributed by atoms with van der Waals surface area (Å²) in [4.78, 5) is 24.5. The molecule has 1 fully saturated rings. The monoisotopic (exact) mass is 326 g/mol. The van der Waals surface area contributed by atoms with Crippen molar-refractivity contribution < 1.29 is 14.7 Å². The Hall–Kier alpha value is -1.56. The Labute approximate surface area is 119 Å². The zero-order valence-corrected chi connectivity index (χ0v) is 11.9. The number of hydrogen-bond donors (Lipinski definition) is 2. The summed E-state index contributed by atoms with van der Waals surface area (Å²) in [5, 5.41) is 11.8. The van der Waals surface area contributed by atoms with E-state index < -0.39 is 11.9 Å². The van der Waals surface area contributed by atoms with Crippen LogP contribution in [0.1, 0.15) is 12.8 Å². The molecule has 1 aliphatic rings. The molecular weight excluding hydrogens is 312 g/mol. The van der Waals surface area contributed by atoms with Crippen molar-refractivity contribution in [1.29, 1.82) is 0 Å². The fourth-order valence-corrected chi connectivity index (χ4v) is 2.36. The summed E-state index contributed by atoms with van der Waals surface area (Å²) in [5.41, 5.74) is 0.700. The van der Waals surface area contributed by atoms with Gasteiger partial charge in [0.15, 0.2) is 0 Å². The number of carbonyl (C=O) groups is 2. The van der Waals surface area contributed by atoms with E-state index in [1.807, 2.05) is 12.1 Å². The Morgan fingerprint density at radius 3 is 2.63 bits per heavy atom. The van der Waals surface area contributed by atoms with Crippen LogP contribution in [0, 0.1) is 5.92 Å². The van der Waals surface area contributed by atoms with E-state index in [4.69, 9.17) is 5.11 Å². The van der Waals surface area contributed by atoms with E-state index in [9.17, 15) is 9.59 Å². The molecule has 5 nitrogen and oxygen atoms in total. The number of benzene rings is 1. The lowest BCUT2D eigenvalue weighted by Crippen LogP contribution is -2.44. The molecule has 0 saturated carbocycles. The molecule has 0 bridgehead atoms. The van der Waals surface area contributed by atoms with Gasteiger partial charge in [-0.1, -0.05) is 15.9 Å². The number of carboxylic acid groups (broad SMARTS) is 1. The van der Waals surface area contributed by atoms with Crippen molar-refractivity contribution >= 4 is 33.6 Å². The van der Waals surface area contributed by atoms with Crippen molar-refractivity contribution in [1.82, 2.24) is 4.90 Å². The number of rotatable bonds is 2. The average molecular weight is 327 g/mol. The van der Waals surface area contributed by atoms with Gasteiger partial charge in [-0.3, -0.25) is 4.79 Å². The van der Waals surface area contributed by atoms with Crippen molar-refractivity contribution in [2.75, 3.05) is 18.4 Å². The molecular formula is C13H15BrN2O3. The van der Waals surface area contributed by atoms with Crippen molar-refractivity contribution in [2.45, 2.75) is 12.8 Å². The third-order valence-electron chi connectivity index (χ3n) is 3.15. The highest BCUT2D eigenvalue weighted by Crippen LogP contribution is 2.19. The molecule has 0 radical (unpaired) electrons. The zero-order valence-electron chi connectivity index (χ0n) is 10.3. The van der Waals surface area contributed by atoms with Crippen LogP contribution in [0.25, 0.3) is 0 Å². The molecule has 1 atom stereocenters. The Balaban J connectivity index is 1.96. The summed E-state index contributed by atoms with van der Waals surface area (Å²) >= 11 is 3.32. The van der Waals surface area contributed by atoms with Crippen molar-refractivity contribution in [3.8, 4) is 0 Å². The second kappa shape index (κ2) is 6.06. The standard InChI is InChI=1S/C13H15BrN2O3/c14-10-3-5-11(6-4-10)15-13(19)16-7-1-2-9(8-16)12(17)18/h3-6,9H,1-2,7-8H2,(H,15,19)(H,17,18). The first kappa shape index (κ1) is 13.9. The molecule has 1 heterocycles. The van der Waals surface area contributed by atoms with Gasteiger partial charge in [0.2, 0.25) is 0 Å². The molecule has 2 amide bonds. The minimum atomic E-state index is -0.832. The maximum Gasteiger partial charge on any atom is 0.321 e. The molecule has 1 aliphatic heterocycles. The van der Waals surface area contributed by atoms with Gasteiger partial charge >= 0.3 is 12.0 Å². The molecule has 0 aromatic heterocycles. The minimum Gasteiger partial charge on any atom is -0.481 e. The van der Waals surface area contributed by atoms with Crippen molar-refractivity contribution in [3.63, 3.8) is 0 Å². The van der Waals surface area contributed by atoms with Crippen molar-refractivity contribution in [3.05, 3.63) is 28.7 Å². The largest absolute Gasteiger partial charge is 0.481 e. The third kappa shape index (κ3) is 3.70. The van der Waals surface area contributed by atoms with Crippen LogP contribution in [-0.2, 0) is 4.79 Å². The van der Waals surface area contributed by atoms with Gasteiger partial charge in [-0.15, -0.1) is 0 Å². The van der Waals surface area contributed by atoms with Crippen LogP contribution in [0.5, 0.6) is 0 Å². The van der Waals surface area contributed by atoms with Gasteiger partial charge in [0.05, 0.1) is 5.92 Å². The fraction of sp³-hybridized carbons (Fsp3) is 0.385. The number of nitrogens with zero attached hydrogens (tertiary/aromatic N) is 1. The summed E-state index contributed by atoms with van der Waals surface area (Å²) in [6, 6.07) is 7.02. The van der Waals surface area contributed by atoms with E-state index in [2.05, 4.69) is 21.2 Å².